The Morgan fingerprint density at radius 1 is 0.535 bits per heavy atom. The highest BCUT2D eigenvalue weighted by Gasteiger charge is 2.37. The van der Waals surface area contributed by atoms with Crippen molar-refractivity contribution < 1.29 is 0 Å². The van der Waals surface area contributed by atoms with E-state index in [1.54, 1.807) is 0 Å². The van der Waals surface area contributed by atoms with Crippen molar-refractivity contribution in [2.75, 3.05) is 4.90 Å². The second-order valence-corrected chi connectivity index (χ2v) is 11.7. The molecule has 0 aliphatic heterocycles. The molecule has 0 fully saturated rings. The van der Waals surface area contributed by atoms with E-state index >= 15 is 0 Å². The molecule has 43 heavy (non-hydrogen) atoms. The second-order valence-electron chi connectivity index (χ2n) is 11.7. The number of hydrogen-bond acceptors (Lipinski definition) is 2. The molecule has 3 heteroatoms. The van der Waals surface area contributed by atoms with Crippen LogP contribution >= 0.6 is 0 Å². The molecule has 7 aromatic rings. The Morgan fingerprint density at radius 3 is 1.72 bits per heavy atom. The summed E-state index contributed by atoms with van der Waals surface area (Å²) in [5.74, 6) is 0.959. The molecule has 206 valence electrons. The summed E-state index contributed by atoms with van der Waals surface area (Å²) in [5, 5.41) is 0. The van der Waals surface area contributed by atoms with E-state index in [2.05, 4.69) is 175 Å². The van der Waals surface area contributed by atoms with Gasteiger partial charge in [0, 0.05) is 33.7 Å². The van der Waals surface area contributed by atoms with E-state index < -0.39 is 0 Å². The van der Waals surface area contributed by atoms with Gasteiger partial charge in [0.2, 0.25) is 0 Å². The van der Waals surface area contributed by atoms with Crippen LogP contribution in [0, 0.1) is 0 Å². The Hall–Kier alpha value is -5.41. The van der Waals surface area contributed by atoms with Gasteiger partial charge in [0.15, 0.2) is 0 Å². The van der Waals surface area contributed by atoms with Crippen molar-refractivity contribution in [3.63, 3.8) is 0 Å². The van der Waals surface area contributed by atoms with Gasteiger partial charge in [0.25, 0.3) is 0 Å². The molecule has 1 aromatic heterocycles. The number of para-hydroxylation sites is 3. The van der Waals surface area contributed by atoms with Gasteiger partial charge >= 0.3 is 0 Å². The molecule has 1 heterocycles. The smallest absolute Gasteiger partial charge is 0.145 e. The Balaban J connectivity index is 1.33. The highest BCUT2D eigenvalue weighted by molar-refractivity contribution is 5.94. The Kier molecular flexibility index (Phi) is 5.80. The fraction of sp³-hybridized carbons (Fsp3) is 0.0750. The lowest BCUT2D eigenvalue weighted by molar-refractivity contribution is 0.661. The molecular formula is C40H31N3. The monoisotopic (exact) mass is 553 g/mol. The minimum Gasteiger partial charge on any atom is -0.310 e. The summed E-state index contributed by atoms with van der Waals surface area (Å²) in [6, 6.07) is 53.9. The highest BCUT2D eigenvalue weighted by Crippen LogP contribution is 2.52. The van der Waals surface area contributed by atoms with E-state index in [-0.39, 0.29) is 5.41 Å². The summed E-state index contributed by atoms with van der Waals surface area (Å²) in [4.78, 5) is 7.59. The Labute approximate surface area is 252 Å². The number of nitrogens with zero attached hydrogens (tertiary/aromatic N) is 3. The molecule has 0 saturated carbocycles. The quantitative estimate of drug-likeness (QED) is 0.211. The Morgan fingerprint density at radius 2 is 1.09 bits per heavy atom. The maximum atomic E-state index is 5.25. The number of imidazole rings is 1. The molecule has 1 aliphatic carbocycles. The van der Waals surface area contributed by atoms with Crippen molar-refractivity contribution >= 4 is 28.1 Å². The summed E-state index contributed by atoms with van der Waals surface area (Å²) in [5.41, 5.74) is 12.8. The van der Waals surface area contributed by atoms with Crippen LogP contribution in [0.1, 0.15) is 25.0 Å². The van der Waals surface area contributed by atoms with Crippen LogP contribution in [0.2, 0.25) is 0 Å². The first kappa shape index (κ1) is 25.3. The molecule has 0 radical (unpaired) electrons. The molecular weight excluding hydrogens is 522 g/mol. The van der Waals surface area contributed by atoms with Gasteiger partial charge < -0.3 is 4.90 Å². The van der Waals surface area contributed by atoms with Crippen molar-refractivity contribution in [3.05, 3.63) is 163 Å². The van der Waals surface area contributed by atoms with Gasteiger partial charge in [-0.2, -0.15) is 0 Å². The summed E-state index contributed by atoms with van der Waals surface area (Å²) >= 11 is 0. The van der Waals surface area contributed by atoms with Crippen molar-refractivity contribution in [2.45, 2.75) is 19.3 Å². The van der Waals surface area contributed by atoms with E-state index in [1.807, 2.05) is 0 Å². The van der Waals surface area contributed by atoms with Crippen LogP contribution in [0.4, 0.5) is 17.1 Å². The molecule has 3 nitrogen and oxygen atoms in total. The lowest BCUT2D eigenvalue weighted by Crippen LogP contribution is -2.16. The van der Waals surface area contributed by atoms with Crippen LogP contribution in [0.5, 0.6) is 0 Å². The maximum Gasteiger partial charge on any atom is 0.145 e. The third kappa shape index (κ3) is 4.08. The van der Waals surface area contributed by atoms with Crippen LogP contribution in [-0.2, 0) is 5.41 Å². The molecule has 0 N–H and O–H groups in total. The van der Waals surface area contributed by atoms with Gasteiger partial charge in [-0.3, -0.25) is 4.57 Å². The predicted octanol–water partition coefficient (Wildman–Crippen LogP) is 10.5. The van der Waals surface area contributed by atoms with Gasteiger partial charge in [0.1, 0.15) is 5.82 Å². The third-order valence-corrected chi connectivity index (χ3v) is 8.77. The highest BCUT2D eigenvalue weighted by atomic mass is 15.1. The zero-order valence-corrected chi connectivity index (χ0v) is 24.3. The van der Waals surface area contributed by atoms with E-state index in [4.69, 9.17) is 4.98 Å². The molecule has 0 atom stereocenters. The van der Waals surface area contributed by atoms with Gasteiger partial charge in [-0.25, -0.2) is 4.98 Å². The van der Waals surface area contributed by atoms with E-state index in [1.165, 1.54) is 22.3 Å². The van der Waals surface area contributed by atoms with Gasteiger partial charge in [-0.1, -0.05) is 105 Å². The van der Waals surface area contributed by atoms with E-state index in [9.17, 15) is 0 Å². The van der Waals surface area contributed by atoms with E-state index in [0.29, 0.717) is 0 Å². The number of hydrogen-bond donors (Lipinski definition) is 0. The van der Waals surface area contributed by atoms with Crippen molar-refractivity contribution in [2.24, 2.45) is 0 Å². The SMILES string of the molecule is CC1(C)c2cc(N(c3ccccc3)c3ccccc3)ccc2-c2cc3c(cc21)nc(-c1ccccc1)n3-c1ccccc1. The van der Waals surface area contributed by atoms with Crippen LogP contribution < -0.4 is 4.90 Å². The lowest BCUT2D eigenvalue weighted by Gasteiger charge is -2.28. The summed E-state index contributed by atoms with van der Waals surface area (Å²) in [6.45, 7) is 4.68. The standard InChI is InChI=1S/C40H31N3/c1-40(2)35-25-32(42(29-17-9-4-10-18-29)30-19-11-5-12-20-30)23-24-33(35)34-26-38-37(27-36(34)40)41-39(28-15-7-3-8-16-28)43(38)31-21-13-6-14-22-31/h3-27H,1-2H3. The maximum absolute atomic E-state index is 5.25. The number of fused-ring (bicyclic) bond motifs is 4. The topological polar surface area (TPSA) is 21.1 Å². The molecule has 0 unspecified atom stereocenters. The van der Waals surface area contributed by atoms with Gasteiger partial charge in [-0.05, 0) is 82.9 Å². The first-order chi connectivity index (χ1) is 21.1. The van der Waals surface area contributed by atoms with Crippen LogP contribution in [0.3, 0.4) is 0 Å². The second kappa shape index (κ2) is 9.85. The zero-order valence-electron chi connectivity index (χ0n) is 24.3. The molecule has 0 saturated heterocycles. The Bertz CT molecular complexity index is 2040. The first-order valence-corrected chi connectivity index (χ1v) is 14.8. The van der Waals surface area contributed by atoms with E-state index in [0.717, 1.165) is 45.2 Å². The number of anilines is 3. The van der Waals surface area contributed by atoms with Crippen LogP contribution in [0.25, 0.3) is 39.2 Å². The average Bonchev–Trinajstić information content (AvgIpc) is 3.54. The molecule has 6 aromatic carbocycles. The summed E-state index contributed by atoms with van der Waals surface area (Å²) < 4.78 is 2.30. The molecule has 1 aliphatic rings. The zero-order chi connectivity index (χ0) is 29.0. The fourth-order valence-electron chi connectivity index (χ4n) is 6.65. The van der Waals surface area contributed by atoms with Crippen molar-refractivity contribution in [1.29, 1.82) is 0 Å². The summed E-state index contributed by atoms with van der Waals surface area (Å²) in [6.07, 6.45) is 0. The predicted molar refractivity (Wildman–Crippen MR) is 179 cm³/mol. The lowest BCUT2D eigenvalue weighted by atomic mass is 9.82. The largest absolute Gasteiger partial charge is 0.310 e. The minimum absolute atomic E-state index is 0.183. The van der Waals surface area contributed by atoms with Gasteiger partial charge in [0.05, 0.1) is 11.0 Å². The molecule has 0 amide bonds. The first-order valence-electron chi connectivity index (χ1n) is 14.8. The van der Waals surface area contributed by atoms with Gasteiger partial charge in [-0.15, -0.1) is 0 Å². The number of aromatic nitrogens is 2. The third-order valence-electron chi connectivity index (χ3n) is 8.77. The minimum atomic E-state index is -0.183. The number of benzene rings is 6. The molecule has 0 spiro atoms. The normalized spacial score (nSPS) is 13.1. The van der Waals surface area contributed by atoms with Crippen LogP contribution in [0.15, 0.2) is 152 Å². The molecule has 0 bridgehead atoms. The average molecular weight is 554 g/mol. The van der Waals surface area contributed by atoms with Crippen LogP contribution in [-0.4, -0.2) is 9.55 Å². The number of rotatable bonds is 5. The fourth-order valence-corrected chi connectivity index (χ4v) is 6.65. The summed E-state index contributed by atoms with van der Waals surface area (Å²) in [7, 11) is 0. The van der Waals surface area contributed by atoms with Crippen molar-refractivity contribution in [1.82, 2.24) is 9.55 Å². The van der Waals surface area contributed by atoms with Crippen molar-refractivity contribution in [3.8, 4) is 28.2 Å². The molecule has 8 rings (SSSR count).